The molecule has 1 aromatic rings. The molecule has 4 nitrogen and oxygen atoms in total. The van der Waals surface area contributed by atoms with Crippen molar-refractivity contribution in [3.63, 3.8) is 0 Å². The summed E-state index contributed by atoms with van der Waals surface area (Å²) in [5.74, 6) is -0.333. The number of aliphatic hydroxyl groups is 1. The maximum atomic E-state index is 9.47. The van der Waals surface area contributed by atoms with Crippen molar-refractivity contribution < 1.29 is 15.3 Å². The summed E-state index contributed by atoms with van der Waals surface area (Å²) >= 11 is 0. The molecule has 0 aliphatic heterocycles. The average molecular weight is 197 g/mol. The van der Waals surface area contributed by atoms with E-state index in [-0.39, 0.29) is 24.1 Å². The normalized spacial score (nSPS) is 12.7. The molecule has 0 amide bonds. The van der Waals surface area contributed by atoms with Crippen LogP contribution in [-0.2, 0) is 0 Å². The Kier molecular flexibility index (Phi) is 3.73. The second kappa shape index (κ2) is 4.83. The minimum atomic E-state index is -0.353. The van der Waals surface area contributed by atoms with E-state index in [9.17, 15) is 10.2 Å². The third kappa shape index (κ3) is 2.37. The average Bonchev–Trinajstić information content (AvgIpc) is 2.18. The lowest BCUT2D eigenvalue weighted by Gasteiger charge is -2.13. The Bertz CT molecular complexity index is 301. The Morgan fingerprint density at radius 1 is 1.29 bits per heavy atom. The second-order valence-electron chi connectivity index (χ2n) is 3.19. The molecule has 0 aromatic heterocycles. The third-order valence-electron chi connectivity index (χ3n) is 2.12. The molecule has 5 N–H and O–H groups in total. The Labute approximate surface area is 82.6 Å². The molecule has 0 aliphatic carbocycles. The summed E-state index contributed by atoms with van der Waals surface area (Å²) in [7, 11) is 0. The molecular formula is C10H15NO3. The first-order chi connectivity index (χ1) is 6.66. The zero-order valence-corrected chi connectivity index (χ0v) is 7.85. The Balaban J connectivity index is 2.79. The minimum Gasteiger partial charge on any atom is -0.504 e. The Morgan fingerprint density at radius 3 is 2.64 bits per heavy atom. The van der Waals surface area contributed by atoms with E-state index < -0.39 is 0 Å². The molecule has 1 aromatic carbocycles. The Hall–Kier alpha value is -1.26. The number of hydrogen-bond acceptors (Lipinski definition) is 4. The lowest BCUT2D eigenvalue weighted by Crippen LogP contribution is -2.10. The zero-order chi connectivity index (χ0) is 10.6. The van der Waals surface area contributed by atoms with Gasteiger partial charge in [-0.1, -0.05) is 12.1 Å². The first-order valence-corrected chi connectivity index (χ1v) is 4.54. The highest BCUT2D eigenvalue weighted by atomic mass is 16.3. The highest BCUT2D eigenvalue weighted by molar-refractivity contribution is 5.45. The van der Waals surface area contributed by atoms with Crippen LogP contribution < -0.4 is 5.73 Å². The molecule has 14 heavy (non-hydrogen) atoms. The van der Waals surface area contributed by atoms with Crippen LogP contribution in [0, 0.1) is 0 Å². The van der Waals surface area contributed by atoms with Gasteiger partial charge >= 0.3 is 0 Å². The van der Waals surface area contributed by atoms with Gasteiger partial charge in [0.1, 0.15) is 0 Å². The fourth-order valence-corrected chi connectivity index (χ4v) is 1.31. The van der Waals surface area contributed by atoms with E-state index in [2.05, 4.69) is 0 Å². The van der Waals surface area contributed by atoms with Crippen molar-refractivity contribution in [3.05, 3.63) is 23.8 Å². The van der Waals surface area contributed by atoms with Gasteiger partial charge in [0.25, 0.3) is 0 Å². The predicted molar refractivity (Wildman–Crippen MR) is 53.0 cm³/mol. The lowest BCUT2D eigenvalue weighted by molar-refractivity contribution is 0.279. The summed E-state index contributed by atoms with van der Waals surface area (Å²) in [5.41, 5.74) is 6.28. The van der Waals surface area contributed by atoms with Crippen LogP contribution in [0.25, 0.3) is 0 Å². The fourth-order valence-electron chi connectivity index (χ4n) is 1.31. The molecule has 4 heteroatoms. The largest absolute Gasteiger partial charge is 0.504 e. The molecule has 0 fully saturated rings. The molecule has 0 unspecified atom stereocenters. The van der Waals surface area contributed by atoms with Gasteiger partial charge in [0.2, 0.25) is 0 Å². The molecule has 1 atom stereocenters. The van der Waals surface area contributed by atoms with Crippen LogP contribution in [0.2, 0.25) is 0 Å². The van der Waals surface area contributed by atoms with Crippen LogP contribution in [0.15, 0.2) is 18.2 Å². The van der Waals surface area contributed by atoms with Gasteiger partial charge in [0.15, 0.2) is 11.5 Å². The van der Waals surface area contributed by atoms with Gasteiger partial charge < -0.3 is 21.1 Å². The molecule has 0 bridgehead atoms. The topological polar surface area (TPSA) is 86.7 Å². The quantitative estimate of drug-likeness (QED) is 0.539. The van der Waals surface area contributed by atoms with Crippen LogP contribution >= 0.6 is 0 Å². The summed E-state index contributed by atoms with van der Waals surface area (Å²) < 4.78 is 0. The molecule has 0 saturated carbocycles. The summed E-state index contributed by atoms with van der Waals surface area (Å²) in [6, 6.07) is 4.34. The molecule has 78 valence electrons. The number of aliphatic hydroxyl groups excluding tert-OH is 1. The summed E-state index contributed by atoms with van der Waals surface area (Å²) in [5, 5.41) is 27.3. The third-order valence-corrected chi connectivity index (χ3v) is 2.12. The molecule has 0 aliphatic rings. The first kappa shape index (κ1) is 10.8. The highest BCUT2D eigenvalue weighted by Gasteiger charge is 2.12. The maximum Gasteiger partial charge on any atom is 0.162 e. The number of aromatic hydroxyl groups is 2. The maximum absolute atomic E-state index is 9.47. The second-order valence-corrected chi connectivity index (χ2v) is 3.19. The van der Waals surface area contributed by atoms with Gasteiger partial charge in [-0.25, -0.2) is 0 Å². The van der Waals surface area contributed by atoms with Crippen molar-refractivity contribution in [2.45, 2.75) is 18.9 Å². The van der Waals surface area contributed by atoms with Gasteiger partial charge in [-0.3, -0.25) is 0 Å². The highest BCUT2D eigenvalue weighted by Crippen LogP contribution is 2.32. The fraction of sp³-hybridized carbons (Fsp3) is 0.400. The van der Waals surface area contributed by atoms with Crippen LogP contribution in [-0.4, -0.2) is 21.9 Å². The molecule has 0 spiro atoms. The van der Waals surface area contributed by atoms with E-state index >= 15 is 0 Å². The van der Waals surface area contributed by atoms with Gasteiger partial charge in [-0.05, 0) is 18.9 Å². The smallest absolute Gasteiger partial charge is 0.162 e. The molecule has 0 radical (unpaired) electrons. The standard InChI is InChI=1S/C10H15NO3/c11-8(4-2-6-12)7-3-1-5-9(13)10(7)14/h1,3,5,8,12-14H,2,4,6,11H2/t8-/m0/s1. The molecular weight excluding hydrogens is 182 g/mol. The van der Waals surface area contributed by atoms with Crippen LogP contribution in [0.5, 0.6) is 11.5 Å². The van der Waals surface area contributed by atoms with Gasteiger partial charge in [-0.2, -0.15) is 0 Å². The Morgan fingerprint density at radius 2 is 2.00 bits per heavy atom. The summed E-state index contributed by atoms with van der Waals surface area (Å²) in [6.45, 7) is 0.0767. The molecule has 1 rings (SSSR count). The number of para-hydroxylation sites is 1. The van der Waals surface area contributed by atoms with Crippen molar-refractivity contribution in [3.8, 4) is 11.5 Å². The van der Waals surface area contributed by atoms with E-state index in [0.717, 1.165) is 0 Å². The van der Waals surface area contributed by atoms with Crippen LogP contribution in [0.1, 0.15) is 24.4 Å². The van der Waals surface area contributed by atoms with Crippen LogP contribution in [0.3, 0.4) is 0 Å². The zero-order valence-electron chi connectivity index (χ0n) is 7.85. The SMILES string of the molecule is N[C@@H](CCCO)c1cccc(O)c1O. The van der Waals surface area contributed by atoms with Gasteiger partial charge in [-0.15, -0.1) is 0 Å². The van der Waals surface area contributed by atoms with Crippen molar-refractivity contribution in [2.75, 3.05) is 6.61 Å². The number of hydrogen-bond donors (Lipinski definition) is 4. The number of benzene rings is 1. The van der Waals surface area contributed by atoms with Crippen molar-refractivity contribution in [2.24, 2.45) is 5.73 Å². The minimum absolute atomic E-state index is 0.0767. The first-order valence-electron chi connectivity index (χ1n) is 4.54. The van der Waals surface area contributed by atoms with Crippen LogP contribution in [0.4, 0.5) is 0 Å². The number of phenols is 2. The molecule has 0 heterocycles. The number of phenolic OH excluding ortho intramolecular Hbond substituents is 2. The van der Waals surface area contributed by atoms with E-state index in [1.807, 2.05) is 0 Å². The number of nitrogens with two attached hydrogens (primary N) is 1. The van der Waals surface area contributed by atoms with Gasteiger partial charge in [0.05, 0.1) is 0 Å². The predicted octanol–water partition coefficient (Wildman–Crippen LogP) is 0.870. The van der Waals surface area contributed by atoms with Crippen molar-refractivity contribution in [1.82, 2.24) is 0 Å². The summed E-state index contributed by atoms with van der Waals surface area (Å²) in [4.78, 5) is 0. The van der Waals surface area contributed by atoms with E-state index in [1.54, 1.807) is 12.1 Å². The van der Waals surface area contributed by atoms with E-state index in [4.69, 9.17) is 10.8 Å². The van der Waals surface area contributed by atoms with Crippen molar-refractivity contribution in [1.29, 1.82) is 0 Å². The monoisotopic (exact) mass is 197 g/mol. The van der Waals surface area contributed by atoms with E-state index in [1.165, 1.54) is 6.07 Å². The van der Waals surface area contributed by atoms with Gasteiger partial charge in [0, 0.05) is 18.2 Å². The number of rotatable bonds is 4. The summed E-state index contributed by atoms with van der Waals surface area (Å²) in [6.07, 6.45) is 1.16. The van der Waals surface area contributed by atoms with Crippen molar-refractivity contribution >= 4 is 0 Å². The lowest BCUT2D eigenvalue weighted by atomic mass is 10.0. The molecule has 0 saturated heterocycles. The van der Waals surface area contributed by atoms with E-state index in [0.29, 0.717) is 18.4 Å².